The number of benzene rings is 1. The summed E-state index contributed by atoms with van der Waals surface area (Å²) >= 11 is 1.29. The Labute approximate surface area is 102 Å². The number of carboxylic acids is 1. The van der Waals surface area contributed by atoms with Gasteiger partial charge in [0.1, 0.15) is 10.8 Å². The third-order valence-corrected chi connectivity index (χ3v) is 3.48. The standard InChI is InChI=1S/C12H10FNO2S/c1-7-10(6-11(15)16)17-12(14-7)8-3-2-4-9(13)5-8/h2-5H,6H2,1H3,(H,15,16). The number of aliphatic carboxylic acids is 1. The van der Waals surface area contributed by atoms with Crippen LogP contribution >= 0.6 is 11.3 Å². The molecule has 0 aliphatic rings. The fraction of sp³-hybridized carbons (Fsp3) is 0.167. The van der Waals surface area contributed by atoms with E-state index in [2.05, 4.69) is 4.98 Å². The minimum atomic E-state index is -0.887. The lowest BCUT2D eigenvalue weighted by Gasteiger charge is -1.94. The first-order valence-corrected chi connectivity index (χ1v) is 5.82. The van der Waals surface area contributed by atoms with Crippen molar-refractivity contribution in [2.45, 2.75) is 13.3 Å². The van der Waals surface area contributed by atoms with E-state index in [4.69, 9.17) is 5.11 Å². The van der Waals surface area contributed by atoms with Crippen molar-refractivity contribution < 1.29 is 14.3 Å². The summed E-state index contributed by atoms with van der Waals surface area (Å²) in [5.74, 6) is -1.21. The van der Waals surface area contributed by atoms with Gasteiger partial charge in [0.05, 0.1) is 12.1 Å². The van der Waals surface area contributed by atoms with Crippen molar-refractivity contribution >= 4 is 17.3 Å². The average molecular weight is 251 g/mol. The quantitative estimate of drug-likeness (QED) is 0.912. The Kier molecular flexibility index (Phi) is 3.19. The maximum atomic E-state index is 13.1. The first-order valence-electron chi connectivity index (χ1n) is 5.00. The van der Waals surface area contributed by atoms with E-state index in [9.17, 15) is 9.18 Å². The van der Waals surface area contributed by atoms with Gasteiger partial charge in [-0.3, -0.25) is 4.79 Å². The molecule has 2 rings (SSSR count). The average Bonchev–Trinajstić information content (AvgIpc) is 2.59. The summed E-state index contributed by atoms with van der Waals surface area (Å²) in [5.41, 5.74) is 1.37. The van der Waals surface area contributed by atoms with Crippen LogP contribution in [0.25, 0.3) is 10.6 Å². The van der Waals surface area contributed by atoms with E-state index in [0.717, 1.165) is 0 Å². The van der Waals surface area contributed by atoms with Gasteiger partial charge >= 0.3 is 5.97 Å². The molecular weight excluding hydrogens is 241 g/mol. The van der Waals surface area contributed by atoms with Crippen molar-refractivity contribution in [2.75, 3.05) is 0 Å². The van der Waals surface area contributed by atoms with Crippen LogP contribution in [0.4, 0.5) is 4.39 Å². The van der Waals surface area contributed by atoms with Crippen molar-refractivity contribution in [1.82, 2.24) is 4.98 Å². The Balaban J connectivity index is 2.37. The number of hydrogen-bond acceptors (Lipinski definition) is 3. The molecule has 0 radical (unpaired) electrons. The van der Waals surface area contributed by atoms with Crippen LogP contribution in [0.2, 0.25) is 0 Å². The first-order chi connectivity index (χ1) is 8.06. The van der Waals surface area contributed by atoms with E-state index < -0.39 is 5.97 Å². The molecule has 0 bridgehead atoms. The molecule has 0 amide bonds. The fourth-order valence-electron chi connectivity index (χ4n) is 1.47. The van der Waals surface area contributed by atoms with Crippen LogP contribution in [0.3, 0.4) is 0 Å². The molecule has 1 aromatic carbocycles. The Morgan fingerprint density at radius 1 is 1.53 bits per heavy atom. The molecule has 5 heteroatoms. The van der Waals surface area contributed by atoms with Crippen LogP contribution < -0.4 is 0 Å². The van der Waals surface area contributed by atoms with E-state index in [1.807, 2.05) is 0 Å². The van der Waals surface area contributed by atoms with Crippen molar-refractivity contribution in [1.29, 1.82) is 0 Å². The minimum absolute atomic E-state index is 0.0428. The highest BCUT2D eigenvalue weighted by molar-refractivity contribution is 7.15. The van der Waals surface area contributed by atoms with Crippen molar-refractivity contribution in [2.24, 2.45) is 0 Å². The molecule has 17 heavy (non-hydrogen) atoms. The van der Waals surface area contributed by atoms with Crippen molar-refractivity contribution in [3.63, 3.8) is 0 Å². The maximum Gasteiger partial charge on any atom is 0.308 e. The van der Waals surface area contributed by atoms with Gasteiger partial charge in [0, 0.05) is 10.4 Å². The fourth-order valence-corrected chi connectivity index (χ4v) is 2.52. The van der Waals surface area contributed by atoms with Crippen LogP contribution in [-0.2, 0) is 11.2 Å². The summed E-state index contributed by atoms with van der Waals surface area (Å²) < 4.78 is 13.1. The maximum absolute atomic E-state index is 13.1. The van der Waals surface area contributed by atoms with E-state index in [0.29, 0.717) is 21.1 Å². The van der Waals surface area contributed by atoms with Gasteiger partial charge in [-0.05, 0) is 19.1 Å². The molecule has 0 saturated carbocycles. The lowest BCUT2D eigenvalue weighted by Crippen LogP contribution is -1.99. The number of carbonyl (C=O) groups is 1. The van der Waals surface area contributed by atoms with E-state index in [-0.39, 0.29) is 12.2 Å². The van der Waals surface area contributed by atoms with Gasteiger partial charge in [-0.25, -0.2) is 9.37 Å². The second-order valence-electron chi connectivity index (χ2n) is 3.61. The van der Waals surface area contributed by atoms with E-state index in [1.165, 1.54) is 23.5 Å². The molecule has 88 valence electrons. The molecule has 1 heterocycles. The van der Waals surface area contributed by atoms with E-state index >= 15 is 0 Å². The molecule has 0 atom stereocenters. The molecule has 0 unspecified atom stereocenters. The molecule has 0 aliphatic carbocycles. The molecule has 1 aromatic heterocycles. The lowest BCUT2D eigenvalue weighted by atomic mass is 10.2. The smallest absolute Gasteiger partial charge is 0.308 e. The van der Waals surface area contributed by atoms with Gasteiger partial charge in [0.25, 0.3) is 0 Å². The Morgan fingerprint density at radius 2 is 2.29 bits per heavy atom. The zero-order valence-electron chi connectivity index (χ0n) is 9.11. The summed E-state index contributed by atoms with van der Waals surface area (Å²) in [6, 6.07) is 6.12. The number of nitrogens with zero attached hydrogens (tertiary/aromatic N) is 1. The summed E-state index contributed by atoms with van der Waals surface area (Å²) in [4.78, 5) is 15.6. The Hall–Kier alpha value is -1.75. The van der Waals surface area contributed by atoms with Crippen molar-refractivity contribution in [3.05, 3.63) is 40.7 Å². The number of rotatable bonds is 3. The van der Waals surface area contributed by atoms with Gasteiger partial charge in [-0.15, -0.1) is 11.3 Å². The molecule has 3 nitrogen and oxygen atoms in total. The number of carboxylic acid groups (broad SMARTS) is 1. The van der Waals surface area contributed by atoms with Gasteiger partial charge in [0.2, 0.25) is 0 Å². The number of hydrogen-bond donors (Lipinski definition) is 1. The SMILES string of the molecule is Cc1nc(-c2cccc(F)c2)sc1CC(=O)O. The van der Waals surface area contributed by atoms with Gasteiger partial charge in [-0.1, -0.05) is 12.1 Å². The second kappa shape index (κ2) is 4.63. The Bertz CT molecular complexity index is 565. The zero-order valence-corrected chi connectivity index (χ0v) is 9.92. The monoisotopic (exact) mass is 251 g/mol. The number of aryl methyl sites for hydroxylation is 1. The Morgan fingerprint density at radius 3 is 2.94 bits per heavy atom. The normalized spacial score (nSPS) is 10.5. The topological polar surface area (TPSA) is 50.2 Å². The highest BCUT2D eigenvalue weighted by atomic mass is 32.1. The summed E-state index contributed by atoms with van der Waals surface area (Å²) in [7, 11) is 0. The third-order valence-electron chi connectivity index (χ3n) is 2.28. The summed E-state index contributed by atoms with van der Waals surface area (Å²) in [5, 5.41) is 9.39. The summed E-state index contributed by atoms with van der Waals surface area (Å²) in [6.45, 7) is 1.76. The predicted octanol–water partition coefficient (Wildman–Crippen LogP) is 2.88. The van der Waals surface area contributed by atoms with Crippen LogP contribution in [0, 0.1) is 12.7 Å². The molecular formula is C12H10FNO2S. The lowest BCUT2D eigenvalue weighted by molar-refractivity contribution is -0.136. The molecule has 1 N–H and O–H groups in total. The highest BCUT2D eigenvalue weighted by Crippen LogP contribution is 2.28. The van der Waals surface area contributed by atoms with Crippen LogP contribution in [0.1, 0.15) is 10.6 Å². The molecule has 0 spiro atoms. The molecule has 0 aliphatic heterocycles. The number of thiazole rings is 1. The molecule has 0 saturated heterocycles. The predicted molar refractivity (Wildman–Crippen MR) is 63.6 cm³/mol. The number of halogens is 1. The van der Waals surface area contributed by atoms with Crippen LogP contribution in [-0.4, -0.2) is 16.1 Å². The summed E-state index contributed by atoms with van der Waals surface area (Å²) in [6.07, 6.45) is -0.0428. The van der Waals surface area contributed by atoms with Crippen LogP contribution in [0.15, 0.2) is 24.3 Å². The highest BCUT2D eigenvalue weighted by Gasteiger charge is 2.12. The van der Waals surface area contributed by atoms with Gasteiger partial charge < -0.3 is 5.11 Å². The first kappa shape index (κ1) is 11.7. The largest absolute Gasteiger partial charge is 0.481 e. The van der Waals surface area contributed by atoms with Crippen molar-refractivity contribution in [3.8, 4) is 10.6 Å². The number of aromatic nitrogens is 1. The third kappa shape index (κ3) is 2.68. The van der Waals surface area contributed by atoms with Gasteiger partial charge in [-0.2, -0.15) is 0 Å². The zero-order chi connectivity index (χ0) is 12.4. The van der Waals surface area contributed by atoms with Crippen LogP contribution in [0.5, 0.6) is 0 Å². The van der Waals surface area contributed by atoms with E-state index in [1.54, 1.807) is 19.1 Å². The molecule has 2 aromatic rings. The minimum Gasteiger partial charge on any atom is -0.481 e. The van der Waals surface area contributed by atoms with Gasteiger partial charge in [0.15, 0.2) is 0 Å². The molecule has 0 fully saturated rings. The second-order valence-corrected chi connectivity index (χ2v) is 4.69.